The molecule has 5 heteroatoms. The Labute approximate surface area is 148 Å². The highest BCUT2D eigenvalue weighted by Gasteiger charge is 2.24. The fourth-order valence-corrected chi connectivity index (χ4v) is 4.02. The first kappa shape index (κ1) is 16.5. The van der Waals surface area contributed by atoms with E-state index in [1.807, 2.05) is 4.57 Å². The maximum absolute atomic E-state index is 11.0. The van der Waals surface area contributed by atoms with Crippen molar-refractivity contribution < 1.29 is 9.84 Å². The summed E-state index contributed by atoms with van der Waals surface area (Å²) in [7, 11) is 0. The van der Waals surface area contributed by atoms with Crippen molar-refractivity contribution in [1.29, 1.82) is 0 Å². The summed E-state index contributed by atoms with van der Waals surface area (Å²) >= 11 is 0. The molecule has 25 heavy (non-hydrogen) atoms. The summed E-state index contributed by atoms with van der Waals surface area (Å²) in [5, 5.41) is 12.1. The summed E-state index contributed by atoms with van der Waals surface area (Å²) < 4.78 is 7.51. The van der Waals surface area contributed by atoms with E-state index < -0.39 is 0 Å². The van der Waals surface area contributed by atoms with E-state index in [1.165, 1.54) is 5.69 Å². The van der Waals surface area contributed by atoms with Crippen molar-refractivity contribution in [3.05, 3.63) is 23.8 Å². The maximum Gasteiger partial charge on any atom is 0.201 e. The summed E-state index contributed by atoms with van der Waals surface area (Å²) in [4.78, 5) is 7.10. The van der Waals surface area contributed by atoms with Gasteiger partial charge in [0.05, 0.1) is 24.3 Å². The lowest BCUT2D eigenvalue weighted by Gasteiger charge is -2.29. The number of aromatic hydroxyl groups is 1. The second kappa shape index (κ2) is 6.71. The number of ether oxygens (including phenoxy) is 1. The molecule has 4 rings (SSSR count). The van der Waals surface area contributed by atoms with Crippen LogP contribution in [0.5, 0.6) is 5.88 Å². The van der Waals surface area contributed by atoms with Gasteiger partial charge in [0.2, 0.25) is 5.88 Å². The fraction of sp³-hybridized carbons (Fsp3) is 0.550. The van der Waals surface area contributed by atoms with Gasteiger partial charge in [-0.3, -0.25) is 4.99 Å². The van der Waals surface area contributed by atoms with Crippen molar-refractivity contribution in [1.82, 2.24) is 4.57 Å². The van der Waals surface area contributed by atoms with Gasteiger partial charge in [-0.1, -0.05) is 0 Å². The minimum absolute atomic E-state index is 0.203. The van der Waals surface area contributed by atoms with Crippen LogP contribution in [-0.2, 0) is 4.74 Å². The molecule has 0 amide bonds. The molecule has 2 aromatic rings. The Kier molecular flexibility index (Phi) is 4.42. The van der Waals surface area contributed by atoms with E-state index in [4.69, 9.17) is 9.73 Å². The molecule has 3 heterocycles. The van der Waals surface area contributed by atoms with Crippen LogP contribution in [0.25, 0.3) is 10.9 Å². The van der Waals surface area contributed by atoms with Crippen molar-refractivity contribution >= 4 is 22.3 Å². The van der Waals surface area contributed by atoms with Crippen LogP contribution < -0.4 is 4.90 Å². The molecule has 0 saturated carbocycles. The Morgan fingerprint density at radius 3 is 2.64 bits per heavy atom. The Balaban J connectivity index is 1.88. The standard InChI is InChI=1S/C20H27N3O2/c1-14(2)23-18-7-6-15(22-9-11-25-12-10-22)13-16(18)19(20(23)24)17-5-3-4-8-21-17/h6-7,13-14,24H,3-5,8-12H2,1-2H3. The molecule has 1 saturated heterocycles. The molecule has 5 nitrogen and oxygen atoms in total. The number of fused-ring (bicyclic) bond motifs is 1. The molecule has 0 unspecified atom stereocenters. The monoisotopic (exact) mass is 341 g/mol. The average Bonchev–Trinajstić information content (AvgIpc) is 2.94. The normalized spacial score (nSPS) is 18.8. The zero-order chi connectivity index (χ0) is 17.4. The highest BCUT2D eigenvalue weighted by Crippen LogP contribution is 2.38. The van der Waals surface area contributed by atoms with Crippen LogP contribution in [0.1, 0.15) is 44.7 Å². The zero-order valence-corrected chi connectivity index (χ0v) is 15.2. The Bertz CT molecular complexity index is 801. The number of aromatic nitrogens is 1. The molecule has 2 aliphatic rings. The lowest BCUT2D eigenvalue weighted by atomic mass is 10.0. The second-order valence-corrected chi connectivity index (χ2v) is 7.25. The molecule has 1 aromatic heterocycles. The molecular formula is C20H27N3O2. The van der Waals surface area contributed by atoms with E-state index >= 15 is 0 Å². The molecule has 134 valence electrons. The first-order chi connectivity index (χ1) is 12.2. The number of hydrogen-bond donors (Lipinski definition) is 1. The van der Waals surface area contributed by atoms with E-state index in [2.05, 4.69) is 36.9 Å². The number of aliphatic imine (C=N–C) groups is 1. The lowest BCUT2D eigenvalue weighted by Crippen LogP contribution is -2.36. The van der Waals surface area contributed by atoms with Crippen LogP contribution >= 0.6 is 0 Å². The number of hydrogen-bond acceptors (Lipinski definition) is 4. The smallest absolute Gasteiger partial charge is 0.201 e. The van der Waals surface area contributed by atoms with Gasteiger partial charge in [-0.05, 0) is 51.3 Å². The molecule has 0 atom stereocenters. The third-order valence-corrected chi connectivity index (χ3v) is 5.27. The summed E-state index contributed by atoms with van der Waals surface area (Å²) in [5.74, 6) is 0.366. The van der Waals surface area contributed by atoms with Crippen LogP contribution in [0.2, 0.25) is 0 Å². The quantitative estimate of drug-likeness (QED) is 0.925. The highest BCUT2D eigenvalue weighted by atomic mass is 16.5. The summed E-state index contributed by atoms with van der Waals surface area (Å²) in [6, 6.07) is 6.74. The van der Waals surface area contributed by atoms with Gasteiger partial charge in [0.1, 0.15) is 0 Å². The van der Waals surface area contributed by atoms with Crippen molar-refractivity contribution in [2.75, 3.05) is 37.7 Å². The highest BCUT2D eigenvalue weighted by molar-refractivity contribution is 6.14. The second-order valence-electron chi connectivity index (χ2n) is 7.25. The number of rotatable bonds is 3. The fourth-order valence-electron chi connectivity index (χ4n) is 4.02. The Morgan fingerprint density at radius 1 is 1.16 bits per heavy atom. The summed E-state index contributed by atoms with van der Waals surface area (Å²) in [5.41, 5.74) is 4.30. The van der Waals surface area contributed by atoms with Crippen LogP contribution in [0, 0.1) is 0 Å². The Morgan fingerprint density at radius 2 is 1.96 bits per heavy atom. The van der Waals surface area contributed by atoms with Gasteiger partial charge in [0.15, 0.2) is 0 Å². The van der Waals surface area contributed by atoms with Gasteiger partial charge in [-0.25, -0.2) is 0 Å². The topological polar surface area (TPSA) is 50.0 Å². The lowest BCUT2D eigenvalue weighted by molar-refractivity contribution is 0.122. The molecule has 1 N–H and O–H groups in total. The van der Waals surface area contributed by atoms with E-state index in [1.54, 1.807) is 0 Å². The SMILES string of the molecule is CC(C)n1c(O)c(C2=NCCCC2)c2cc(N3CCOCC3)ccc21. The third kappa shape index (κ3) is 2.91. The molecule has 0 aliphatic carbocycles. The molecule has 0 radical (unpaired) electrons. The number of nitrogens with zero attached hydrogens (tertiary/aromatic N) is 3. The van der Waals surface area contributed by atoms with Crippen LogP contribution in [0.15, 0.2) is 23.2 Å². The van der Waals surface area contributed by atoms with Gasteiger partial charge in [-0.15, -0.1) is 0 Å². The maximum atomic E-state index is 11.0. The molecule has 1 fully saturated rings. The number of anilines is 1. The molecular weight excluding hydrogens is 314 g/mol. The van der Waals surface area contributed by atoms with E-state index in [0.29, 0.717) is 5.88 Å². The summed E-state index contributed by atoms with van der Waals surface area (Å²) in [6.07, 6.45) is 3.24. The predicted octanol–water partition coefficient (Wildman–Crippen LogP) is 3.74. The van der Waals surface area contributed by atoms with Gasteiger partial charge < -0.3 is 19.3 Å². The summed E-state index contributed by atoms with van der Waals surface area (Å²) in [6.45, 7) is 8.47. The predicted molar refractivity (Wildman–Crippen MR) is 102 cm³/mol. The van der Waals surface area contributed by atoms with E-state index in [0.717, 1.165) is 74.3 Å². The van der Waals surface area contributed by atoms with Gasteiger partial charge in [0, 0.05) is 42.5 Å². The van der Waals surface area contributed by atoms with Gasteiger partial charge >= 0.3 is 0 Å². The van der Waals surface area contributed by atoms with Crippen LogP contribution in [-0.4, -0.2) is 48.2 Å². The number of benzene rings is 1. The van der Waals surface area contributed by atoms with Crippen molar-refractivity contribution in [3.8, 4) is 5.88 Å². The minimum atomic E-state index is 0.203. The first-order valence-corrected chi connectivity index (χ1v) is 9.40. The largest absolute Gasteiger partial charge is 0.494 e. The zero-order valence-electron chi connectivity index (χ0n) is 15.2. The average molecular weight is 341 g/mol. The molecule has 0 bridgehead atoms. The van der Waals surface area contributed by atoms with Crippen molar-refractivity contribution in [2.24, 2.45) is 4.99 Å². The van der Waals surface area contributed by atoms with Crippen LogP contribution in [0.4, 0.5) is 5.69 Å². The van der Waals surface area contributed by atoms with Gasteiger partial charge in [0.25, 0.3) is 0 Å². The first-order valence-electron chi connectivity index (χ1n) is 9.40. The van der Waals surface area contributed by atoms with Crippen LogP contribution in [0.3, 0.4) is 0 Å². The number of morpholine rings is 1. The minimum Gasteiger partial charge on any atom is -0.494 e. The molecule has 1 aromatic carbocycles. The van der Waals surface area contributed by atoms with E-state index in [-0.39, 0.29) is 6.04 Å². The van der Waals surface area contributed by atoms with Crippen molar-refractivity contribution in [2.45, 2.75) is 39.2 Å². The molecule has 2 aliphatic heterocycles. The van der Waals surface area contributed by atoms with Gasteiger partial charge in [-0.2, -0.15) is 0 Å². The molecule has 0 spiro atoms. The van der Waals surface area contributed by atoms with Crippen molar-refractivity contribution in [3.63, 3.8) is 0 Å². The third-order valence-electron chi connectivity index (χ3n) is 5.27. The van der Waals surface area contributed by atoms with E-state index in [9.17, 15) is 5.11 Å². The Hall–Kier alpha value is -2.01.